The summed E-state index contributed by atoms with van der Waals surface area (Å²) < 4.78 is 52.6. The number of alkyl halides is 1. The van der Waals surface area contributed by atoms with Crippen LogP contribution in [0.15, 0.2) is 41.3 Å². The molecule has 2 aliphatic heterocycles. The van der Waals surface area contributed by atoms with E-state index in [2.05, 4.69) is 10.6 Å². The summed E-state index contributed by atoms with van der Waals surface area (Å²) in [6.45, 7) is 7.49. The van der Waals surface area contributed by atoms with Gasteiger partial charge in [0.2, 0.25) is 21.6 Å². The molecule has 4 rings (SSSR count). The molecular weight excluding hydrogens is 657 g/mol. The average molecular weight is 704 g/mol. The van der Waals surface area contributed by atoms with Crippen molar-refractivity contribution >= 4 is 39.7 Å². The van der Waals surface area contributed by atoms with E-state index in [-0.39, 0.29) is 30.4 Å². The first-order valence-electron chi connectivity index (χ1n) is 16.5. The van der Waals surface area contributed by atoms with Crippen molar-refractivity contribution in [2.75, 3.05) is 37.7 Å². The maximum Gasteiger partial charge on any atom is 0.416 e. The van der Waals surface area contributed by atoms with Gasteiger partial charge in [0.1, 0.15) is 17.5 Å². The van der Waals surface area contributed by atoms with Gasteiger partial charge in [-0.1, -0.05) is 18.2 Å². The molecule has 2 aliphatic rings. The number of ether oxygens (including phenoxy) is 2. The molecule has 3 heterocycles. The lowest BCUT2D eigenvalue weighted by Crippen LogP contribution is -2.68. The van der Waals surface area contributed by atoms with Crippen LogP contribution in [0.5, 0.6) is 0 Å². The van der Waals surface area contributed by atoms with Gasteiger partial charge in [-0.2, -0.15) is 4.31 Å². The molecule has 1 fully saturated rings. The third-order valence-electron chi connectivity index (χ3n) is 8.07. The molecule has 1 unspecified atom stereocenters. The highest BCUT2D eigenvalue weighted by Crippen LogP contribution is 2.32. The number of aromatic nitrogens is 1. The van der Waals surface area contributed by atoms with E-state index in [0.29, 0.717) is 37.2 Å². The number of carbonyl (C=O) groups is 4. The van der Waals surface area contributed by atoms with Gasteiger partial charge < -0.3 is 20.1 Å². The van der Waals surface area contributed by atoms with Gasteiger partial charge in [-0.3, -0.25) is 14.5 Å². The van der Waals surface area contributed by atoms with E-state index in [9.17, 15) is 27.6 Å². The topological polar surface area (TPSA) is 164 Å². The normalized spacial score (nSPS) is 16.5. The van der Waals surface area contributed by atoms with Crippen molar-refractivity contribution in [3.05, 3.63) is 53.2 Å². The molecule has 0 saturated carbocycles. The van der Waals surface area contributed by atoms with Gasteiger partial charge in [0.05, 0.1) is 24.6 Å². The maximum absolute atomic E-state index is 15.5. The van der Waals surface area contributed by atoms with E-state index < -0.39 is 58.4 Å². The van der Waals surface area contributed by atoms with E-state index >= 15 is 4.39 Å². The lowest BCUT2D eigenvalue weighted by Gasteiger charge is -2.42. The Balaban J connectivity index is 1.25. The molecule has 13 nitrogen and oxygen atoms in total. The predicted molar refractivity (Wildman–Crippen MR) is 179 cm³/mol. The molecule has 0 spiro atoms. The minimum Gasteiger partial charge on any atom is -0.464 e. The van der Waals surface area contributed by atoms with Crippen LogP contribution in [0.1, 0.15) is 70.2 Å². The number of halogens is 1. The Bertz CT molecular complexity index is 1660. The number of pyridine rings is 1. The molecule has 0 bridgehead atoms. The van der Waals surface area contributed by atoms with E-state index in [1.54, 1.807) is 30.9 Å². The van der Waals surface area contributed by atoms with Crippen molar-refractivity contribution in [3.8, 4) is 0 Å². The van der Waals surface area contributed by atoms with Gasteiger partial charge in [0, 0.05) is 25.2 Å². The highest BCUT2D eigenvalue weighted by molar-refractivity contribution is 7.89. The minimum atomic E-state index is -4.01. The molecule has 49 heavy (non-hydrogen) atoms. The summed E-state index contributed by atoms with van der Waals surface area (Å²) in [6.07, 6.45) is 3.00. The first kappa shape index (κ1) is 37.7. The zero-order chi connectivity index (χ0) is 36.0. The number of unbranched alkanes of at least 4 members (excludes halogenated alkanes) is 1. The highest BCUT2D eigenvalue weighted by atomic mass is 32.2. The van der Waals surface area contributed by atoms with Crippen LogP contribution < -0.4 is 15.5 Å². The largest absolute Gasteiger partial charge is 0.464 e. The molecule has 3 amide bonds. The van der Waals surface area contributed by atoms with Crippen LogP contribution in [0.3, 0.4) is 0 Å². The molecule has 1 saturated heterocycles. The maximum atomic E-state index is 15.5. The fraction of sp³-hybridized carbons (Fsp3) is 0.559. The quantitative estimate of drug-likeness (QED) is 0.235. The number of aryl methyl sites for hydroxylation is 3. The molecule has 1 atom stereocenters. The third-order valence-corrected chi connectivity index (χ3v) is 9.85. The Morgan fingerprint density at radius 1 is 1.10 bits per heavy atom. The van der Waals surface area contributed by atoms with Crippen molar-refractivity contribution in [1.82, 2.24) is 19.9 Å². The van der Waals surface area contributed by atoms with Crippen LogP contribution in [-0.2, 0) is 46.7 Å². The Hall–Kier alpha value is -4.11. The third kappa shape index (κ3) is 9.75. The van der Waals surface area contributed by atoms with Gasteiger partial charge >= 0.3 is 12.1 Å². The molecule has 2 N–H and O–H groups in total. The fourth-order valence-corrected chi connectivity index (χ4v) is 7.12. The Morgan fingerprint density at radius 2 is 1.84 bits per heavy atom. The summed E-state index contributed by atoms with van der Waals surface area (Å²) in [6, 6.07) is 8.67. The zero-order valence-electron chi connectivity index (χ0n) is 28.7. The monoisotopic (exact) mass is 703 g/mol. The number of amides is 3. The second-order valence-corrected chi connectivity index (χ2v) is 15.3. The van der Waals surface area contributed by atoms with Crippen molar-refractivity contribution in [2.45, 2.75) is 95.4 Å². The number of esters is 1. The van der Waals surface area contributed by atoms with Crippen LogP contribution in [-0.4, -0.2) is 91.7 Å². The number of hydrogen-bond donors (Lipinski definition) is 2. The van der Waals surface area contributed by atoms with E-state index in [4.69, 9.17) is 14.5 Å². The molecule has 0 radical (unpaired) electrons. The number of carbonyl (C=O) groups excluding carboxylic acids is 4. The van der Waals surface area contributed by atoms with Crippen LogP contribution in [0.2, 0.25) is 0 Å². The van der Waals surface area contributed by atoms with Crippen LogP contribution in [0.25, 0.3) is 0 Å². The first-order chi connectivity index (χ1) is 23.0. The number of sulfonamides is 1. The van der Waals surface area contributed by atoms with E-state index in [0.717, 1.165) is 28.4 Å². The first-order valence-corrected chi connectivity index (χ1v) is 18.0. The van der Waals surface area contributed by atoms with Crippen LogP contribution in [0.4, 0.5) is 15.0 Å². The number of fused-ring (bicyclic) bond motifs is 1. The molecular formula is C34H46FN5O8S. The number of hydrogen-bond acceptors (Lipinski definition) is 9. The van der Waals surface area contributed by atoms with Gasteiger partial charge in [-0.05, 0) is 96.0 Å². The van der Waals surface area contributed by atoms with Gasteiger partial charge in [-0.15, -0.1) is 0 Å². The summed E-state index contributed by atoms with van der Waals surface area (Å²) in [7, 11) is -4.01. The Labute approximate surface area is 287 Å². The van der Waals surface area contributed by atoms with Crippen molar-refractivity contribution < 1.29 is 41.5 Å². The molecule has 15 heteroatoms. The molecule has 0 aliphatic carbocycles. The summed E-state index contributed by atoms with van der Waals surface area (Å²) in [5.41, 5.74) is -0.716. The van der Waals surface area contributed by atoms with Gasteiger partial charge in [-0.25, -0.2) is 27.4 Å². The average Bonchev–Trinajstić information content (AvgIpc) is 3.02. The van der Waals surface area contributed by atoms with E-state index in [1.165, 1.54) is 12.1 Å². The van der Waals surface area contributed by atoms with Gasteiger partial charge in [0.25, 0.3) is 5.91 Å². The second-order valence-electron chi connectivity index (χ2n) is 13.4. The smallest absolute Gasteiger partial charge is 0.416 e. The minimum absolute atomic E-state index is 0.00526. The lowest BCUT2D eigenvalue weighted by molar-refractivity contribution is -0.151. The number of nitrogens with zero attached hydrogens (tertiary/aromatic N) is 3. The predicted octanol–water partition coefficient (Wildman–Crippen LogP) is 3.37. The van der Waals surface area contributed by atoms with Crippen molar-refractivity contribution in [1.29, 1.82) is 0 Å². The Kier molecular flexibility index (Phi) is 12.0. The zero-order valence-corrected chi connectivity index (χ0v) is 29.5. The molecule has 2 aromatic rings. The van der Waals surface area contributed by atoms with Crippen molar-refractivity contribution in [3.63, 3.8) is 0 Å². The lowest BCUT2D eigenvalue weighted by atomic mass is 9.98. The summed E-state index contributed by atoms with van der Waals surface area (Å²) in [5, 5.41) is 4.88. The second kappa shape index (κ2) is 15.6. The van der Waals surface area contributed by atoms with Crippen LogP contribution in [0, 0.1) is 6.92 Å². The Morgan fingerprint density at radius 3 is 2.51 bits per heavy atom. The standard InChI is InChI=1S/C34H46FN5O8S/c1-6-47-30(42)27(38-31(43)34(35)21-39(22-34)49(45,46)26-14-9-11-23(2)19-26)20-36-28(41)15-8-7-13-25-17-16-24-12-10-18-40(29(24)37-25)32(44)48-33(3,4)5/h9,11,14,16-17,19,27H,6-8,10,12-13,15,18,20-22H2,1-5H3,(H,36,41)(H,38,43). The number of anilines is 1. The number of benzene rings is 1. The van der Waals surface area contributed by atoms with Crippen molar-refractivity contribution in [2.24, 2.45) is 0 Å². The molecule has 1 aromatic heterocycles. The highest BCUT2D eigenvalue weighted by Gasteiger charge is 2.55. The van der Waals surface area contributed by atoms with Crippen LogP contribution >= 0.6 is 0 Å². The van der Waals surface area contributed by atoms with Gasteiger partial charge in [0.15, 0.2) is 0 Å². The van der Waals surface area contributed by atoms with E-state index in [1.807, 2.05) is 32.9 Å². The summed E-state index contributed by atoms with van der Waals surface area (Å²) >= 11 is 0. The summed E-state index contributed by atoms with van der Waals surface area (Å²) in [5.74, 6) is -1.81. The number of nitrogens with one attached hydrogen (secondary N) is 2. The molecule has 1 aromatic carbocycles. The summed E-state index contributed by atoms with van der Waals surface area (Å²) in [4.78, 5) is 57.1. The fourth-order valence-electron chi connectivity index (χ4n) is 5.48. The SMILES string of the molecule is CCOC(=O)C(CNC(=O)CCCCc1ccc2c(n1)N(C(=O)OC(C)(C)C)CCC2)NC(=O)C1(F)CN(S(=O)(=O)c2cccc(C)c2)C1. The number of rotatable bonds is 13. The molecule has 268 valence electrons.